The zero-order valence-corrected chi connectivity index (χ0v) is 9.05. The van der Waals surface area contributed by atoms with Crippen LogP contribution in [0.15, 0.2) is 36.5 Å². The molecule has 2 nitrogen and oxygen atoms in total. The molecule has 0 unspecified atom stereocenters. The molecule has 0 aromatic heterocycles. The maximum Gasteiger partial charge on any atom is 0.220 e. The highest BCUT2D eigenvalue weighted by Gasteiger charge is 1.97. The van der Waals surface area contributed by atoms with Gasteiger partial charge in [-0.1, -0.05) is 37.8 Å². The van der Waals surface area contributed by atoms with E-state index < -0.39 is 0 Å². The molecule has 0 aliphatic rings. The second-order valence-corrected chi connectivity index (χ2v) is 3.07. The fraction of sp³-hybridized carbons (Fsp3) is 0.417. The van der Waals surface area contributed by atoms with Crippen LogP contribution in [-0.4, -0.2) is 12.5 Å². The number of amides is 1. The molecule has 0 aromatic carbocycles. The maximum absolute atomic E-state index is 11.1. The first-order valence-electron chi connectivity index (χ1n) is 4.94. The molecule has 0 rings (SSSR count). The minimum atomic E-state index is 0.0908. The highest BCUT2D eigenvalue weighted by molar-refractivity contribution is 5.76. The molecule has 0 aliphatic carbocycles. The molecule has 0 bridgehead atoms. The molecule has 0 fully saturated rings. The van der Waals surface area contributed by atoms with Crippen molar-refractivity contribution in [3.8, 4) is 0 Å². The van der Waals surface area contributed by atoms with Crippen molar-refractivity contribution in [3.05, 3.63) is 36.5 Å². The molecular formula is C12H19NO. The molecule has 0 radical (unpaired) electrons. The van der Waals surface area contributed by atoms with Crippen LogP contribution < -0.4 is 5.32 Å². The van der Waals surface area contributed by atoms with Gasteiger partial charge < -0.3 is 5.32 Å². The van der Waals surface area contributed by atoms with E-state index in [1.54, 1.807) is 0 Å². The van der Waals surface area contributed by atoms with E-state index >= 15 is 0 Å². The van der Waals surface area contributed by atoms with Crippen molar-refractivity contribution in [3.63, 3.8) is 0 Å². The van der Waals surface area contributed by atoms with Crippen molar-refractivity contribution in [2.45, 2.75) is 26.7 Å². The van der Waals surface area contributed by atoms with E-state index in [0.717, 1.165) is 12.0 Å². The van der Waals surface area contributed by atoms with Gasteiger partial charge in [0.15, 0.2) is 0 Å². The summed E-state index contributed by atoms with van der Waals surface area (Å²) in [5, 5.41) is 2.80. The number of carbonyl (C=O) groups excluding carboxylic acids is 1. The molecular weight excluding hydrogens is 174 g/mol. The summed E-state index contributed by atoms with van der Waals surface area (Å²) in [4.78, 5) is 11.1. The fourth-order valence-corrected chi connectivity index (χ4v) is 0.889. The van der Waals surface area contributed by atoms with Gasteiger partial charge in [0.1, 0.15) is 0 Å². The average Bonchev–Trinajstić information content (AvgIpc) is 2.16. The van der Waals surface area contributed by atoms with Crippen LogP contribution in [0.3, 0.4) is 0 Å². The van der Waals surface area contributed by atoms with Gasteiger partial charge in [-0.3, -0.25) is 4.79 Å². The smallest absolute Gasteiger partial charge is 0.220 e. The fourth-order valence-electron chi connectivity index (χ4n) is 0.889. The highest BCUT2D eigenvalue weighted by atomic mass is 16.1. The largest absolute Gasteiger partial charge is 0.352 e. The number of allylic oxidation sites excluding steroid dienone is 3. The van der Waals surface area contributed by atoms with E-state index in [1.807, 2.05) is 38.2 Å². The van der Waals surface area contributed by atoms with Gasteiger partial charge in [0.25, 0.3) is 0 Å². The van der Waals surface area contributed by atoms with Gasteiger partial charge >= 0.3 is 0 Å². The Kier molecular flexibility index (Phi) is 7.52. The number of carbonyl (C=O) groups is 1. The zero-order valence-electron chi connectivity index (χ0n) is 9.05. The minimum absolute atomic E-state index is 0.0908. The third-order valence-electron chi connectivity index (χ3n) is 1.63. The lowest BCUT2D eigenvalue weighted by Gasteiger charge is -2.02. The third-order valence-corrected chi connectivity index (χ3v) is 1.63. The summed E-state index contributed by atoms with van der Waals surface area (Å²) in [6.07, 6.45) is 9.15. The average molecular weight is 193 g/mol. The lowest BCUT2D eigenvalue weighted by Crippen LogP contribution is -2.24. The first-order chi connectivity index (χ1) is 6.70. The topological polar surface area (TPSA) is 29.1 Å². The van der Waals surface area contributed by atoms with Crippen molar-refractivity contribution in [1.82, 2.24) is 5.32 Å². The van der Waals surface area contributed by atoms with Gasteiger partial charge in [-0.15, -0.1) is 0 Å². The molecule has 0 saturated heterocycles. The Labute approximate surface area is 86.4 Å². The Morgan fingerprint density at radius 2 is 2.14 bits per heavy atom. The molecule has 1 amide bonds. The Balaban J connectivity index is 3.68. The van der Waals surface area contributed by atoms with Crippen molar-refractivity contribution >= 4 is 5.91 Å². The van der Waals surface area contributed by atoms with Gasteiger partial charge in [0.2, 0.25) is 5.91 Å². The van der Waals surface area contributed by atoms with Crippen molar-refractivity contribution in [2.24, 2.45) is 0 Å². The predicted molar refractivity (Wildman–Crippen MR) is 61.0 cm³/mol. The Morgan fingerprint density at radius 3 is 2.71 bits per heavy atom. The van der Waals surface area contributed by atoms with E-state index in [4.69, 9.17) is 0 Å². The Bertz CT molecular complexity index is 239. The first kappa shape index (κ1) is 12.7. The molecule has 0 spiro atoms. The summed E-state index contributed by atoms with van der Waals surface area (Å²) in [5.41, 5.74) is 0.910. The second kappa shape index (κ2) is 8.30. The summed E-state index contributed by atoms with van der Waals surface area (Å²) >= 11 is 0. The minimum Gasteiger partial charge on any atom is -0.352 e. The summed E-state index contributed by atoms with van der Waals surface area (Å²) in [6.45, 7) is 8.30. The van der Waals surface area contributed by atoms with E-state index in [1.165, 1.54) is 0 Å². The maximum atomic E-state index is 11.1. The second-order valence-electron chi connectivity index (χ2n) is 3.07. The van der Waals surface area contributed by atoms with Crippen LogP contribution in [0.4, 0.5) is 0 Å². The molecule has 0 atom stereocenters. The van der Waals surface area contributed by atoms with Crippen LogP contribution in [0.2, 0.25) is 0 Å². The zero-order chi connectivity index (χ0) is 10.8. The van der Waals surface area contributed by atoms with E-state index in [2.05, 4.69) is 11.9 Å². The van der Waals surface area contributed by atoms with Crippen LogP contribution in [-0.2, 0) is 4.79 Å². The van der Waals surface area contributed by atoms with Crippen LogP contribution in [0, 0.1) is 0 Å². The SMILES string of the molecule is C=C(/C=C\C=C\C)CNC(=O)CCC. The van der Waals surface area contributed by atoms with Crippen LogP contribution >= 0.6 is 0 Å². The normalized spacial score (nSPS) is 11.0. The molecule has 0 saturated carbocycles. The third kappa shape index (κ3) is 7.35. The van der Waals surface area contributed by atoms with Gasteiger partial charge in [-0.05, 0) is 18.9 Å². The first-order valence-corrected chi connectivity index (χ1v) is 4.94. The number of hydrogen-bond acceptors (Lipinski definition) is 1. The molecule has 78 valence electrons. The van der Waals surface area contributed by atoms with Gasteiger partial charge in [-0.2, -0.15) is 0 Å². The summed E-state index contributed by atoms with van der Waals surface area (Å²) < 4.78 is 0. The van der Waals surface area contributed by atoms with Crippen LogP contribution in [0.5, 0.6) is 0 Å². The molecule has 0 aliphatic heterocycles. The van der Waals surface area contributed by atoms with E-state index in [-0.39, 0.29) is 5.91 Å². The lowest BCUT2D eigenvalue weighted by molar-refractivity contribution is -0.120. The number of rotatable bonds is 6. The summed E-state index contributed by atoms with van der Waals surface area (Å²) in [5.74, 6) is 0.0908. The van der Waals surface area contributed by atoms with Crippen molar-refractivity contribution in [1.29, 1.82) is 0 Å². The van der Waals surface area contributed by atoms with Crippen molar-refractivity contribution in [2.75, 3.05) is 6.54 Å². The molecule has 0 aromatic rings. The molecule has 2 heteroatoms. The molecule has 1 N–H and O–H groups in total. The standard InChI is InChI=1S/C12H19NO/c1-4-6-7-9-11(3)10-13-12(14)8-5-2/h4,6-7,9H,3,5,8,10H2,1-2H3,(H,13,14)/b6-4+,9-7-. The lowest BCUT2D eigenvalue weighted by atomic mass is 10.2. The molecule has 14 heavy (non-hydrogen) atoms. The van der Waals surface area contributed by atoms with Crippen molar-refractivity contribution < 1.29 is 4.79 Å². The van der Waals surface area contributed by atoms with E-state index in [9.17, 15) is 4.79 Å². The number of nitrogens with one attached hydrogen (secondary N) is 1. The van der Waals surface area contributed by atoms with Gasteiger partial charge in [0, 0.05) is 13.0 Å². The Morgan fingerprint density at radius 1 is 1.43 bits per heavy atom. The quantitative estimate of drug-likeness (QED) is 0.645. The summed E-state index contributed by atoms with van der Waals surface area (Å²) in [7, 11) is 0. The summed E-state index contributed by atoms with van der Waals surface area (Å²) in [6, 6.07) is 0. The van der Waals surface area contributed by atoms with Gasteiger partial charge in [-0.25, -0.2) is 0 Å². The monoisotopic (exact) mass is 193 g/mol. The van der Waals surface area contributed by atoms with E-state index in [0.29, 0.717) is 13.0 Å². The molecule has 0 heterocycles. The van der Waals surface area contributed by atoms with Crippen LogP contribution in [0.1, 0.15) is 26.7 Å². The predicted octanol–water partition coefficient (Wildman–Crippen LogP) is 2.59. The Hall–Kier alpha value is -1.31. The van der Waals surface area contributed by atoms with Gasteiger partial charge in [0.05, 0.1) is 0 Å². The van der Waals surface area contributed by atoms with Crippen LogP contribution in [0.25, 0.3) is 0 Å². The highest BCUT2D eigenvalue weighted by Crippen LogP contribution is 1.92. The number of hydrogen-bond donors (Lipinski definition) is 1.